The van der Waals surface area contributed by atoms with Crippen molar-refractivity contribution < 1.29 is 14.1 Å². The molecule has 1 amide bonds. The van der Waals surface area contributed by atoms with E-state index in [0.717, 1.165) is 37.1 Å². The number of carbonyl (C=O) groups is 1. The van der Waals surface area contributed by atoms with E-state index < -0.39 is 0 Å². The van der Waals surface area contributed by atoms with Crippen molar-refractivity contribution in [2.75, 3.05) is 13.2 Å². The van der Waals surface area contributed by atoms with Gasteiger partial charge in [0.15, 0.2) is 0 Å². The summed E-state index contributed by atoms with van der Waals surface area (Å²) in [6.07, 6.45) is 3.01. The summed E-state index contributed by atoms with van der Waals surface area (Å²) in [7, 11) is 0. The van der Waals surface area contributed by atoms with Gasteiger partial charge in [0.1, 0.15) is 5.75 Å². The summed E-state index contributed by atoms with van der Waals surface area (Å²) < 4.78 is 10.7. The number of benzene rings is 1. The molecule has 0 bridgehead atoms. The molecule has 128 valence electrons. The van der Waals surface area contributed by atoms with Crippen molar-refractivity contribution in [3.63, 3.8) is 0 Å². The second kappa shape index (κ2) is 8.19. The van der Waals surface area contributed by atoms with E-state index in [0.29, 0.717) is 24.1 Å². The maximum absolute atomic E-state index is 11.9. The first-order valence-electron chi connectivity index (χ1n) is 8.21. The van der Waals surface area contributed by atoms with Crippen LogP contribution in [-0.2, 0) is 10.5 Å². The number of amides is 1. The number of nitrogens with one attached hydrogen (secondary N) is 1. The third-order valence-corrected chi connectivity index (χ3v) is 5.05. The standard InChI is InChI=1S/C17H21N3O3S/c1-2-22-13-8-6-12(7-9-13)16-19-15(23-20-16)11-24-14-5-3-4-10-18-17(14)21/h6-9,14H,2-5,10-11H2,1H3,(H,18,21)/t14-/m1/s1. The molecular weight excluding hydrogens is 326 g/mol. The summed E-state index contributed by atoms with van der Waals surface area (Å²) in [5.41, 5.74) is 0.880. The van der Waals surface area contributed by atoms with E-state index in [2.05, 4.69) is 15.5 Å². The van der Waals surface area contributed by atoms with Gasteiger partial charge in [0.2, 0.25) is 17.6 Å². The second-order valence-electron chi connectivity index (χ2n) is 5.56. The molecule has 0 aliphatic carbocycles. The van der Waals surface area contributed by atoms with Gasteiger partial charge in [0, 0.05) is 12.1 Å². The highest BCUT2D eigenvalue weighted by molar-refractivity contribution is 7.99. The average molecular weight is 347 g/mol. The van der Waals surface area contributed by atoms with Gasteiger partial charge in [-0.1, -0.05) is 11.6 Å². The molecule has 1 aromatic carbocycles. The summed E-state index contributed by atoms with van der Waals surface area (Å²) in [5.74, 6) is 2.57. The Morgan fingerprint density at radius 2 is 2.17 bits per heavy atom. The lowest BCUT2D eigenvalue weighted by molar-refractivity contribution is -0.120. The zero-order chi connectivity index (χ0) is 16.8. The Bertz CT molecular complexity index is 672. The summed E-state index contributed by atoms with van der Waals surface area (Å²) in [4.78, 5) is 16.4. The normalized spacial score (nSPS) is 18.0. The Morgan fingerprint density at radius 1 is 1.33 bits per heavy atom. The maximum atomic E-state index is 11.9. The van der Waals surface area contributed by atoms with Gasteiger partial charge in [-0.25, -0.2) is 0 Å². The van der Waals surface area contributed by atoms with Gasteiger partial charge < -0.3 is 14.6 Å². The topological polar surface area (TPSA) is 77.3 Å². The summed E-state index contributed by atoms with van der Waals surface area (Å²) in [5, 5.41) is 6.93. The molecular formula is C17H21N3O3S. The number of hydrogen-bond donors (Lipinski definition) is 1. The fourth-order valence-corrected chi connectivity index (χ4v) is 3.57. The van der Waals surface area contributed by atoms with Crippen LogP contribution in [0.25, 0.3) is 11.4 Å². The molecule has 1 aromatic heterocycles. The van der Waals surface area contributed by atoms with Crippen molar-refractivity contribution in [2.24, 2.45) is 0 Å². The van der Waals surface area contributed by atoms with Crippen molar-refractivity contribution in [1.82, 2.24) is 15.5 Å². The molecule has 0 unspecified atom stereocenters. The van der Waals surface area contributed by atoms with Crippen LogP contribution >= 0.6 is 11.8 Å². The molecule has 1 fully saturated rings. The fraction of sp³-hybridized carbons (Fsp3) is 0.471. The van der Waals surface area contributed by atoms with E-state index in [9.17, 15) is 4.79 Å². The van der Waals surface area contributed by atoms with E-state index in [-0.39, 0.29) is 11.2 Å². The Hall–Kier alpha value is -2.02. The van der Waals surface area contributed by atoms with Crippen molar-refractivity contribution in [1.29, 1.82) is 0 Å². The minimum absolute atomic E-state index is 0.0340. The lowest BCUT2D eigenvalue weighted by Gasteiger charge is -2.10. The first-order valence-corrected chi connectivity index (χ1v) is 9.26. The molecule has 2 aromatic rings. The van der Waals surface area contributed by atoms with E-state index in [1.807, 2.05) is 31.2 Å². The highest BCUT2D eigenvalue weighted by Gasteiger charge is 2.22. The predicted molar refractivity (Wildman–Crippen MR) is 92.8 cm³/mol. The van der Waals surface area contributed by atoms with Crippen LogP contribution in [0.2, 0.25) is 0 Å². The van der Waals surface area contributed by atoms with Crippen molar-refractivity contribution >= 4 is 17.7 Å². The Balaban J connectivity index is 1.59. The largest absolute Gasteiger partial charge is 0.494 e. The van der Waals surface area contributed by atoms with Crippen molar-refractivity contribution in [3.8, 4) is 17.1 Å². The van der Waals surface area contributed by atoms with Crippen LogP contribution in [0.4, 0.5) is 0 Å². The van der Waals surface area contributed by atoms with Crippen molar-refractivity contribution in [3.05, 3.63) is 30.2 Å². The van der Waals surface area contributed by atoms with Crippen LogP contribution in [-0.4, -0.2) is 34.4 Å². The molecule has 0 radical (unpaired) electrons. The molecule has 3 rings (SSSR count). The van der Waals surface area contributed by atoms with E-state index in [1.54, 1.807) is 11.8 Å². The molecule has 1 atom stereocenters. The van der Waals surface area contributed by atoms with Crippen LogP contribution in [0.5, 0.6) is 5.75 Å². The highest BCUT2D eigenvalue weighted by Crippen LogP contribution is 2.25. The Morgan fingerprint density at radius 3 is 2.96 bits per heavy atom. The number of aromatic nitrogens is 2. The first-order chi connectivity index (χ1) is 11.8. The minimum Gasteiger partial charge on any atom is -0.494 e. The summed E-state index contributed by atoms with van der Waals surface area (Å²) in [6.45, 7) is 3.36. The number of thioether (sulfide) groups is 1. The molecule has 7 heteroatoms. The van der Waals surface area contributed by atoms with Crippen molar-refractivity contribution in [2.45, 2.75) is 37.2 Å². The van der Waals surface area contributed by atoms with Gasteiger partial charge in [0.25, 0.3) is 0 Å². The third-order valence-electron chi connectivity index (χ3n) is 3.78. The van der Waals surface area contributed by atoms with Gasteiger partial charge in [-0.2, -0.15) is 4.98 Å². The van der Waals surface area contributed by atoms with Crippen LogP contribution in [0.3, 0.4) is 0 Å². The summed E-state index contributed by atoms with van der Waals surface area (Å²) >= 11 is 1.56. The highest BCUT2D eigenvalue weighted by atomic mass is 32.2. The molecule has 1 N–H and O–H groups in total. The lowest BCUT2D eigenvalue weighted by Crippen LogP contribution is -2.30. The SMILES string of the molecule is CCOc1ccc(-c2noc(CS[C@@H]3CCCCNC3=O)n2)cc1. The Kier molecular flexibility index (Phi) is 5.74. The van der Waals surface area contributed by atoms with E-state index in [1.165, 1.54) is 0 Å². The van der Waals surface area contributed by atoms with Crippen LogP contribution in [0.1, 0.15) is 32.1 Å². The lowest BCUT2D eigenvalue weighted by atomic mass is 10.2. The van der Waals surface area contributed by atoms with Gasteiger partial charge in [0.05, 0.1) is 17.6 Å². The third kappa shape index (κ3) is 4.29. The van der Waals surface area contributed by atoms with E-state index in [4.69, 9.17) is 9.26 Å². The van der Waals surface area contributed by atoms with Crippen LogP contribution < -0.4 is 10.1 Å². The smallest absolute Gasteiger partial charge is 0.236 e. The minimum atomic E-state index is -0.0340. The number of carbonyl (C=O) groups excluding carboxylic acids is 1. The fourth-order valence-electron chi connectivity index (χ4n) is 2.54. The quantitative estimate of drug-likeness (QED) is 0.865. The average Bonchev–Trinajstić information content (AvgIpc) is 2.97. The molecule has 0 spiro atoms. The molecule has 24 heavy (non-hydrogen) atoms. The molecule has 2 heterocycles. The van der Waals surface area contributed by atoms with Gasteiger partial charge >= 0.3 is 0 Å². The van der Waals surface area contributed by atoms with Gasteiger partial charge in [-0.3, -0.25) is 4.79 Å². The number of ether oxygens (including phenoxy) is 1. The molecule has 1 aliphatic heterocycles. The van der Waals surface area contributed by atoms with E-state index >= 15 is 0 Å². The Labute approximate surface area is 145 Å². The number of rotatable bonds is 6. The molecule has 0 saturated carbocycles. The second-order valence-corrected chi connectivity index (χ2v) is 6.75. The monoisotopic (exact) mass is 347 g/mol. The molecule has 1 saturated heterocycles. The van der Waals surface area contributed by atoms with Gasteiger partial charge in [-0.15, -0.1) is 11.8 Å². The molecule has 1 aliphatic rings. The number of hydrogen-bond acceptors (Lipinski definition) is 6. The first kappa shape index (κ1) is 16.8. The zero-order valence-electron chi connectivity index (χ0n) is 13.7. The predicted octanol–water partition coefficient (Wildman–Crippen LogP) is 3.04. The van der Waals surface area contributed by atoms with Gasteiger partial charge in [-0.05, 0) is 44.0 Å². The number of nitrogens with zero attached hydrogens (tertiary/aromatic N) is 2. The molecule has 6 nitrogen and oxygen atoms in total. The van der Waals surface area contributed by atoms with Crippen LogP contribution in [0.15, 0.2) is 28.8 Å². The summed E-state index contributed by atoms with van der Waals surface area (Å²) in [6, 6.07) is 7.59. The van der Waals surface area contributed by atoms with Crippen LogP contribution in [0, 0.1) is 0 Å². The maximum Gasteiger partial charge on any atom is 0.236 e. The zero-order valence-corrected chi connectivity index (χ0v) is 14.5.